The van der Waals surface area contributed by atoms with Crippen LogP contribution in [-0.2, 0) is 4.79 Å². The quantitative estimate of drug-likeness (QED) is 0.856. The van der Waals surface area contributed by atoms with Crippen LogP contribution in [0.5, 0.6) is 11.5 Å². The second-order valence-electron chi connectivity index (χ2n) is 5.78. The highest BCUT2D eigenvalue weighted by molar-refractivity contribution is 8.18. The van der Waals surface area contributed by atoms with Crippen LogP contribution in [0.4, 0.5) is 0 Å². The van der Waals surface area contributed by atoms with Crippen LogP contribution in [-0.4, -0.2) is 40.3 Å². The molecule has 0 aromatic heterocycles. The molecule has 1 N–H and O–H groups in total. The Morgan fingerprint density at radius 1 is 1.30 bits per heavy atom. The summed E-state index contributed by atoms with van der Waals surface area (Å²) < 4.78 is 5.10. The summed E-state index contributed by atoms with van der Waals surface area (Å²) in [6.45, 7) is 7.87. The van der Waals surface area contributed by atoms with Gasteiger partial charge in [-0.15, -0.1) is 0 Å². The number of benzene rings is 1. The summed E-state index contributed by atoms with van der Waals surface area (Å²) in [5.74, 6) is 0.319. The summed E-state index contributed by atoms with van der Waals surface area (Å²) >= 11 is 1.34. The fourth-order valence-electron chi connectivity index (χ4n) is 2.21. The minimum absolute atomic E-state index is 0.0253. The van der Waals surface area contributed by atoms with Crippen molar-refractivity contribution in [3.05, 3.63) is 28.7 Å². The highest BCUT2D eigenvalue weighted by Gasteiger charge is 2.35. The van der Waals surface area contributed by atoms with Gasteiger partial charge in [0, 0.05) is 17.6 Å². The van der Waals surface area contributed by atoms with Crippen molar-refractivity contribution < 1.29 is 14.6 Å². The zero-order chi connectivity index (χ0) is 17.1. The normalized spacial score (nSPS) is 18.7. The summed E-state index contributed by atoms with van der Waals surface area (Å²) in [5, 5.41) is 10.9. The molecule has 1 saturated heterocycles. The second-order valence-corrected chi connectivity index (χ2v) is 6.79. The molecule has 23 heavy (non-hydrogen) atoms. The van der Waals surface area contributed by atoms with E-state index in [1.54, 1.807) is 29.2 Å². The number of ether oxygens (including phenoxy) is 1. The lowest BCUT2D eigenvalue weighted by Crippen LogP contribution is -2.35. The fraction of sp³-hybridized carbons (Fsp3) is 0.412. The monoisotopic (exact) mass is 334 g/mol. The summed E-state index contributed by atoms with van der Waals surface area (Å²) in [5.41, 5.74) is 0.551. The molecular weight excluding hydrogens is 312 g/mol. The minimum atomic E-state index is -0.0911. The lowest BCUT2D eigenvalue weighted by atomic mass is 10.1. The molecule has 1 aliphatic rings. The number of methoxy groups -OCH3 is 1. The van der Waals surface area contributed by atoms with E-state index in [0.717, 1.165) is 0 Å². The number of amidine groups is 1. The van der Waals surface area contributed by atoms with Crippen LogP contribution in [0, 0.1) is 0 Å². The number of amides is 1. The van der Waals surface area contributed by atoms with Gasteiger partial charge in [-0.05, 0) is 51.6 Å². The van der Waals surface area contributed by atoms with Crippen molar-refractivity contribution in [1.29, 1.82) is 0 Å². The SMILES string of the molecule is COc1cccc(/C=C2\SC(=NC(C)C)N(C(C)C)C2=O)c1O. The van der Waals surface area contributed by atoms with Gasteiger partial charge >= 0.3 is 0 Å². The molecule has 0 radical (unpaired) electrons. The molecule has 1 fully saturated rings. The maximum Gasteiger partial charge on any atom is 0.266 e. The van der Waals surface area contributed by atoms with E-state index in [-0.39, 0.29) is 23.7 Å². The Bertz CT molecular complexity index is 666. The topological polar surface area (TPSA) is 62.1 Å². The van der Waals surface area contributed by atoms with Crippen molar-refractivity contribution in [1.82, 2.24) is 4.90 Å². The number of carbonyl (C=O) groups excluding carboxylic acids is 1. The maximum absolute atomic E-state index is 12.7. The van der Waals surface area contributed by atoms with Gasteiger partial charge in [-0.1, -0.05) is 12.1 Å². The van der Waals surface area contributed by atoms with E-state index in [2.05, 4.69) is 4.99 Å². The number of phenols is 1. The molecule has 1 aromatic carbocycles. The van der Waals surface area contributed by atoms with E-state index in [4.69, 9.17) is 4.74 Å². The maximum atomic E-state index is 12.7. The van der Waals surface area contributed by atoms with Crippen LogP contribution in [0.15, 0.2) is 28.1 Å². The van der Waals surface area contributed by atoms with E-state index in [9.17, 15) is 9.90 Å². The molecule has 1 aliphatic heterocycles. The van der Waals surface area contributed by atoms with Crippen molar-refractivity contribution in [3.8, 4) is 11.5 Å². The van der Waals surface area contributed by atoms with Gasteiger partial charge < -0.3 is 9.84 Å². The van der Waals surface area contributed by atoms with Crippen molar-refractivity contribution in [2.45, 2.75) is 39.8 Å². The molecule has 0 aliphatic carbocycles. The molecular formula is C17H22N2O3S. The van der Waals surface area contributed by atoms with E-state index in [0.29, 0.717) is 21.4 Å². The second kappa shape index (κ2) is 7.08. The lowest BCUT2D eigenvalue weighted by molar-refractivity contribution is -0.123. The van der Waals surface area contributed by atoms with E-state index in [1.807, 2.05) is 27.7 Å². The van der Waals surface area contributed by atoms with Gasteiger partial charge in [0.2, 0.25) is 0 Å². The van der Waals surface area contributed by atoms with Crippen LogP contribution in [0.25, 0.3) is 6.08 Å². The predicted octanol–water partition coefficient (Wildman–Crippen LogP) is 3.49. The van der Waals surface area contributed by atoms with Crippen molar-refractivity contribution in [2.24, 2.45) is 4.99 Å². The highest BCUT2D eigenvalue weighted by Crippen LogP contribution is 2.37. The number of nitrogens with zero attached hydrogens (tertiary/aromatic N) is 2. The third kappa shape index (κ3) is 3.69. The first-order valence-corrected chi connectivity index (χ1v) is 8.33. The molecule has 1 heterocycles. The van der Waals surface area contributed by atoms with Gasteiger partial charge in [-0.3, -0.25) is 14.7 Å². The van der Waals surface area contributed by atoms with Gasteiger partial charge in [0.05, 0.1) is 12.0 Å². The number of thioether (sulfide) groups is 1. The molecule has 1 amide bonds. The number of carbonyl (C=O) groups is 1. The average Bonchev–Trinajstić information content (AvgIpc) is 2.76. The highest BCUT2D eigenvalue weighted by atomic mass is 32.2. The number of aromatic hydroxyl groups is 1. The average molecular weight is 334 g/mol. The molecule has 124 valence electrons. The number of para-hydroxylation sites is 1. The molecule has 1 aromatic rings. The summed E-state index contributed by atoms with van der Waals surface area (Å²) in [4.78, 5) is 19.4. The molecule has 0 atom stereocenters. The molecule has 0 saturated carbocycles. The molecule has 5 nitrogen and oxygen atoms in total. The Labute approximate surface area is 141 Å². The van der Waals surface area contributed by atoms with Gasteiger partial charge in [0.25, 0.3) is 5.91 Å². The largest absolute Gasteiger partial charge is 0.504 e. The van der Waals surface area contributed by atoms with Crippen LogP contribution < -0.4 is 4.74 Å². The third-order valence-corrected chi connectivity index (χ3v) is 4.26. The Kier molecular flexibility index (Phi) is 5.36. The molecule has 0 unspecified atom stereocenters. The van der Waals surface area contributed by atoms with Crippen LogP contribution in [0.3, 0.4) is 0 Å². The summed E-state index contributed by atoms with van der Waals surface area (Å²) in [6.07, 6.45) is 1.68. The van der Waals surface area contributed by atoms with E-state index < -0.39 is 0 Å². The van der Waals surface area contributed by atoms with Crippen molar-refractivity contribution in [3.63, 3.8) is 0 Å². The molecule has 0 bridgehead atoms. The number of hydrogen-bond acceptors (Lipinski definition) is 5. The Balaban J connectivity index is 2.43. The minimum Gasteiger partial charge on any atom is -0.504 e. The first-order valence-electron chi connectivity index (χ1n) is 7.52. The van der Waals surface area contributed by atoms with Gasteiger partial charge in [-0.25, -0.2) is 0 Å². The van der Waals surface area contributed by atoms with Crippen LogP contribution in [0.2, 0.25) is 0 Å². The summed E-state index contributed by atoms with van der Waals surface area (Å²) in [7, 11) is 1.50. The van der Waals surface area contributed by atoms with Crippen LogP contribution >= 0.6 is 11.8 Å². The standard InChI is InChI=1S/C17H22N2O3S/c1-10(2)18-17-19(11(3)4)16(21)14(23-17)9-12-7-6-8-13(22-5)15(12)20/h6-11,20H,1-5H3/b14-9-,18-17?. The first kappa shape index (κ1) is 17.4. The fourth-order valence-corrected chi connectivity index (χ4v) is 3.44. The van der Waals surface area contributed by atoms with E-state index >= 15 is 0 Å². The third-order valence-electron chi connectivity index (χ3n) is 3.26. The smallest absolute Gasteiger partial charge is 0.266 e. The van der Waals surface area contributed by atoms with Gasteiger partial charge in [-0.2, -0.15) is 0 Å². The number of hydrogen-bond donors (Lipinski definition) is 1. The van der Waals surface area contributed by atoms with E-state index in [1.165, 1.54) is 18.9 Å². The summed E-state index contributed by atoms with van der Waals surface area (Å²) in [6, 6.07) is 5.33. The zero-order valence-electron chi connectivity index (χ0n) is 14.0. The number of aliphatic imine (C=N–C) groups is 1. The Morgan fingerprint density at radius 2 is 2.00 bits per heavy atom. The first-order chi connectivity index (χ1) is 10.8. The molecule has 6 heteroatoms. The van der Waals surface area contributed by atoms with Crippen molar-refractivity contribution in [2.75, 3.05) is 7.11 Å². The molecule has 2 rings (SSSR count). The van der Waals surface area contributed by atoms with Gasteiger partial charge in [0.15, 0.2) is 16.7 Å². The molecule has 0 spiro atoms. The Morgan fingerprint density at radius 3 is 2.57 bits per heavy atom. The lowest BCUT2D eigenvalue weighted by Gasteiger charge is -2.20. The Hall–Kier alpha value is -1.95. The van der Waals surface area contributed by atoms with Gasteiger partial charge in [0.1, 0.15) is 0 Å². The number of phenolic OH excluding ortho intramolecular Hbond substituents is 1. The van der Waals surface area contributed by atoms with Crippen LogP contribution in [0.1, 0.15) is 33.3 Å². The number of rotatable bonds is 4. The predicted molar refractivity (Wildman–Crippen MR) is 94.8 cm³/mol. The van der Waals surface area contributed by atoms with Crippen molar-refractivity contribution >= 4 is 28.9 Å². The zero-order valence-corrected chi connectivity index (χ0v) is 14.8.